The summed E-state index contributed by atoms with van der Waals surface area (Å²) < 4.78 is 59.2. The zero-order chi connectivity index (χ0) is 98.0. The number of nitrogens with one attached hydrogen (secondary N) is 3. The number of carboxylic acid groups (broad SMARTS) is 1. The molecule has 33 heteroatoms. The largest absolute Gasteiger partial charge is 0.481 e. The molecule has 33 nitrogen and oxygen atoms in total. The molecule has 1 saturated heterocycles. The number of benzene rings is 4. The number of esters is 10. The molecule has 726 valence electrons. The number of Topliss-reactive ketones (excluding diaryl/α,β-unsaturated/α-hetero) is 2. The van der Waals surface area contributed by atoms with Crippen molar-refractivity contribution in [3.8, 4) is 0 Å². The van der Waals surface area contributed by atoms with Gasteiger partial charge in [-0.1, -0.05) is 227 Å². The van der Waals surface area contributed by atoms with Crippen LogP contribution in [-0.2, 0) is 146 Å². The third-order valence-corrected chi connectivity index (χ3v) is 19.2. The average molecular weight is 1830 g/mol. The van der Waals surface area contributed by atoms with Gasteiger partial charge in [0.25, 0.3) is 0 Å². The van der Waals surface area contributed by atoms with Crippen molar-refractivity contribution in [1.29, 1.82) is 0 Å². The van der Waals surface area contributed by atoms with Crippen LogP contribution in [0.4, 0.5) is 14.4 Å². The summed E-state index contributed by atoms with van der Waals surface area (Å²) in [5.41, 5.74) is 8.08. The Hall–Kier alpha value is -11.6. The zero-order valence-corrected chi connectivity index (χ0v) is 79.2. The van der Waals surface area contributed by atoms with Crippen LogP contribution in [0.3, 0.4) is 0 Å². The van der Waals surface area contributed by atoms with Gasteiger partial charge in [0.1, 0.15) is 61.5 Å². The first-order valence-electron chi connectivity index (χ1n) is 44.5. The number of aliphatic carboxylic acids is 1. The molecule has 1 fully saturated rings. The van der Waals surface area contributed by atoms with Gasteiger partial charge in [0.15, 0.2) is 0 Å². The number of nitrogens with two attached hydrogens (primary N) is 1. The van der Waals surface area contributed by atoms with E-state index in [1.165, 1.54) is 28.4 Å². The normalized spacial score (nSPS) is 14.0. The number of unbranched alkanes of at least 4 members (excludes halogenated alkanes) is 6. The third kappa shape index (κ3) is 56.6. The van der Waals surface area contributed by atoms with E-state index in [0.29, 0.717) is 44.9 Å². The molecule has 130 heavy (non-hydrogen) atoms. The summed E-state index contributed by atoms with van der Waals surface area (Å²) in [4.78, 5) is 188. The number of hydrogen-bond donors (Lipinski definition) is 5. The van der Waals surface area contributed by atoms with E-state index in [0.717, 1.165) is 86.5 Å². The van der Waals surface area contributed by atoms with Crippen molar-refractivity contribution in [3.63, 3.8) is 0 Å². The van der Waals surface area contributed by atoms with E-state index in [4.69, 9.17) is 48.4 Å². The molecule has 9 unspecified atom stereocenters. The Labute approximate surface area is 766 Å². The molecule has 5 rings (SSSR count). The summed E-state index contributed by atoms with van der Waals surface area (Å²) in [6.07, 6.45) is 10.3. The topological polar surface area (TPSA) is 466 Å². The number of alkyl carbamates (subject to hydrolysis) is 3. The molecule has 0 radical (unpaired) electrons. The van der Waals surface area contributed by atoms with Crippen molar-refractivity contribution in [2.45, 2.75) is 306 Å². The Morgan fingerprint density at radius 2 is 0.792 bits per heavy atom. The van der Waals surface area contributed by atoms with Crippen LogP contribution in [0.5, 0.6) is 0 Å². The van der Waals surface area contributed by atoms with Gasteiger partial charge in [-0.2, -0.15) is 0 Å². The number of amides is 3. The molecule has 0 bridgehead atoms. The fraction of sp³-hybridized carbons (Fsp3) is 0.588. The van der Waals surface area contributed by atoms with Crippen molar-refractivity contribution < 1.29 is 139 Å². The van der Waals surface area contributed by atoms with Gasteiger partial charge >= 0.3 is 83.9 Å². The van der Waals surface area contributed by atoms with Crippen molar-refractivity contribution in [2.24, 2.45) is 35.3 Å². The van der Waals surface area contributed by atoms with Crippen LogP contribution in [0.15, 0.2) is 121 Å². The van der Waals surface area contributed by atoms with E-state index in [1.807, 2.05) is 163 Å². The Bertz CT molecular complexity index is 3980. The van der Waals surface area contributed by atoms with Gasteiger partial charge in [0, 0.05) is 37.0 Å². The maximum atomic E-state index is 12.4. The quantitative estimate of drug-likeness (QED) is 0.0156. The van der Waals surface area contributed by atoms with Crippen LogP contribution in [0.25, 0.3) is 0 Å². The van der Waals surface area contributed by atoms with Gasteiger partial charge in [-0.3, -0.25) is 62.3 Å². The molecule has 3 amide bonds. The average Bonchev–Trinajstić information content (AvgIpc) is 0.833. The number of cyclic esters (lactones) is 2. The van der Waals surface area contributed by atoms with E-state index < -0.39 is 143 Å². The fourth-order valence-corrected chi connectivity index (χ4v) is 12.2. The summed E-state index contributed by atoms with van der Waals surface area (Å²) in [6, 6.07) is 35.0. The Balaban J connectivity index is 0.00000157. The molecule has 0 saturated carbocycles. The third-order valence-electron chi connectivity index (χ3n) is 19.2. The lowest BCUT2D eigenvalue weighted by molar-refractivity contribution is -0.157. The first kappa shape index (κ1) is 118. The standard InChI is InChI=1S/C22H33NO6.C21H31NO6.C17H25NO4.C17H22O5.C12H19NO5.C8H14O3/c1-6-7-13-18(23-21(26)29-22(2,3)4)17(20(25)27-5)14-19(24)28-15-16-11-9-8-10-12-16;1-5-6-12-17(22-20(26)28-21(2,3)4)16(19(24)25)13-18(23)27-14-15-10-8-7-9-11-15;2*1-3-4-10-15(18)14(17(20)21-2)11-16(19)22-12-13-8-6-5-7-9-13;1-3-5-6-9-8(7-10(14)17-4-2)11(15)18-12(16)13-9;1-3-4-5-7(9)6-8(10)11-2/h8-12,17-18H,6-7,13-15H2,1-5H3,(H,23,26);7-11,16-17H,5-6,12-14H2,1-4H3,(H,22,26)(H,24,25);5-9,14-15H,3-4,10-12,18H2,1-2H3;5-9,14H,3-4,10-12H2,1-2H3;8-9H,3-7H2,1-2H3,(H,13,16);3-6H2,1-2H3. The number of carbonyl (C=O) groups is 16. The molecule has 1 aliphatic heterocycles. The van der Waals surface area contributed by atoms with Crippen molar-refractivity contribution in [3.05, 3.63) is 144 Å². The molecule has 1 aliphatic rings. The summed E-state index contributed by atoms with van der Waals surface area (Å²) in [7, 11) is 5.05. The Morgan fingerprint density at radius 1 is 0.431 bits per heavy atom. The molecule has 1 heterocycles. The van der Waals surface area contributed by atoms with Gasteiger partial charge in [0.05, 0.1) is 90.8 Å². The summed E-state index contributed by atoms with van der Waals surface area (Å²) >= 11 is 0. The molecule has 4 aromatic rings. The molecule has 0 aromatic heterocycles. The van der Waals surface area contributed by atoms with Crippen LogP contribution >= 0.6 is 0 Å². The van der Waals surface area contributed by atoms with Gasteiger partial charge < -0.3 is 83.6 Å². The number of methoxy groups -OCH3 is 4. The van der Waals surface area contributed by atoms with Crippen molar-refractivity contribution in [1.82, 2.24) is 16.0 Å². The highest BCUT2D eigenvalue weighted by Crippen LogP contribution is 2.25. The highest BCUT2D eigenvalue weighted by Gasteiger charge is 2.40. The summed E-state index contributed by atoms with van der Waals surface area (Å²) in [5, 5.41) is 17.6. The molecular weight excluding hydrogens is 1690 g/mol. The SMILES string of the molecule is CCCCC(=O)C(CC(=O)OCc1ccccc1)C(=O)OC.CCCCC(=O)CC(=O)OC.CCCCC(N)C(CC(=O)OCc1ccccc1)C(=O)OC.CCCCC(NC(=O)OC(C)(C)C)C(CC(=O)OCc1ccccc1)C(=O)O.CCCCC(NC(=O)OC(C)(C)C)C(CC(=O)OCc1ccccc1)C(=O)OC.CCCCC1NC(=O)OC(=O)C1CC(=O)OCC. The first-order chi connectivity index (χ1) is 61.7. The molecule has 6 N–H and O–H groups in total. The number of carbonyl (C=O) groups excluding carboxylic acids is 15. The van der Waals surface area contributed by atoms with Crippen LogP contribution < -0.4 is 21.7 Å². The number of rotatable bonds is 49. The predicted octanol–water partition coefficient (Wildman–Crippen LogP) is 15.7. The second-order valence-corrected chi connectivity index (χ2v) is 32.5. The van der Waals surface area contributed by atoms with Crippen LogP contribution in [-0.4, -0.2) is 171 Å². The van der Waals surface area contributed by atoms with E-state index in [-0.39, 0.29) is 95.6 Å². The number of hydrogen-bond acceptors (Lipinski definition) is 29. The minimum atomic E-state index is -1.16. The first-order valence-corrected chi connectivity index (χ1v) is 44.5. The molecule has 0 spiro atoms. The number of carboxylic acids is 1. The van der Waals surface area contributed by atoms with E-state index in [2.05, 4.69) is 30.2 Å². The van der Waals surface area contributed by atoms with Gasteiger partial charge in [0.2, 0.25) is 0 Å². The Kier molecular flexibility index (Phi) is 63.1. The maximum absolute atomic E-state index is 12.4. The highest BCUT2D eigenvalue weighted by molar-refractivity contribution is 6.01. The fourth-order valence-electron chi connectivity index (χ4n) is 12.2. The lowest BCUT2D eigenvalue weighted by atomic mass is 9.91. The second-order valence-electron chi connectivity index (χ2n) is 32.5. The van der Waals surface area contributed by atoms with E-state index in [1.54, 1.807) is 48.5 Å². The van der Waals surface area contributed by atoms with Gasteiger partial charge in [-0.05, 0) is 109 Å². The Morgan fingerprint density at radius 3 is 1.16 bits per heavy atom. The monoisotopic (exact) mass is 1830 g/mol. The molecule has 0 aliphatic carbocycles. The summed E-state index contributed by atoms with van der Waals surface area (Å²) in [5.74, 6) is -11.2. The van der Waals surface area contributed by atoms with E-state index >= 15 is 0 Å². The molecular formula is C97H144N4O29. The lowest BCUT2D eigenvalue weighted by Crippen LogP contribution is -2.51. The minimum Gasteiger partial charge on any atom is -0.481 e. The highest BCUT2D eigenvalue weighted by atomic mass is 16.6. The van der Waals surface area contributed by atoms with Gasteiger partial charge in [-0.15, -0.1) is 0 Å². The molecule has 9 atom stereocenters. The second kappa shape index (κ2) is 69.4. The van der Waals surface area contributed by atoms with Crippen LogP contribution in [0.2, 0.25) is 0 Å². The summed E-state index contributed by atoms with van der Waals surface area (Å²) in [6.45, 7) is 24.9. The number of ketones is 2. The lowest BCUT2D eigenvalue weighted by Gasteiger charge is -2.29. The minimum absolute atomic E-state index is 0.0290. The number of ether oxygens (including phenoxy) is 12. The van der Waals surface area contributed by atoms with Crippen molar-refractivity contribution in [2.75, 3.05) is 35.0 Å². The van der Waals surface area contributed by atoms with E-state index in [9.17, 15) is 81.8 Å². The zero-order valence-electron chi connectivity index (χ0n) is 79.2. The van der Waals surface area contributed by atoms with Crippen molar-refractivity contribution >= 4 is 95.5 Å². The van der Waals surface area contributed by atoms with Gasteiger partial charge in [-0.25, -0.2) is 14.4 Å². The maximum Gasteiger partial charge on any atom is 0.415 e. The predicted molar refractivity (Wildman–Crippen MR) is 482 cm³/mol. The molecule has 4 aromatic carbocycles. The smallest absolute Gasteiger partial charge is 0.415 e. The van der Waals surface area contributed by atoms with Crippen LogP contribution in [0.1, 0.15) is 266 Å². The van der Waals surface area contributed by atoms with Crippen LogP contribution in [0, 0.1) is 29.6 Å².